The maximum absolute atomic E-state index is 12.5. The molecule has 1 aliphatic heterocycles. The zero-order valence-corrected chi connectivity index (χ0v) is 14.8. The fourth-order valence-corrected chi connectivity index (χ4v) is 3.14. The van der Waals surface area contributed by atoms with Gasteiger partial charge in [-0.25, -0.2) is 9.98 Å². The van der Waals surface area contributed by atoms with E-state index in [0.29, 0.717) is 25.5 Å². The van der Waals surface area contributed by atoms with Crippen molar-refractivity contribution in [1.82, 2.24) is 20.5 Å². The van der Waals surface area contributed by atoms with Crippen molar-refractivity contribution >= 4 is 23.2 Å². The van der Waals surface area contributed by atoms with Gasteiger partial charge in [-0.15, -0.1) is 11.3 Å². The minimum Gasteiger partial charge on any atom is -0.357 e. The first-order chi connectivity index (χ1) is 11.9. The van der Waals surface area contributed by atoms with Gasteiger partial charge in [0.05, 0.1) is 6.54 Å². The van der Waals surface area contributed by atoms with Crippen molar-refractivity contribution in [2.24, 2.45) is 4.99 Å². The van der Waals surface area contributed by atoms with Gasteiger partial charge in [-0.05, 0) is 19.8 Å². The van der Waals surface area contributed by atoms with Gasteiger partial charge < -0.3 is 15.5 Å². The predicted molar refractivity (Wildman–Crippen MR) is 90.4 cm³/mol. The van der Waals surface area contributed by atoms with Crippen LogP contribution in [0.2, 0.25) is 0 Å². The highest BCUT2D eigenvalue weighted by Crippen LogP contribution is 2.30. The number of hydrogen-bond donors (Lipinski definition) is 2. The van der Waals surface area contributed by atoms with Crippen LogP contribution in [0.3, 0.4) is 0 Å². The Labute approximate surface area is 148 Å². The number of halogens is 3. The maximum Gasteiger partial charge on any atom is 0.434 e. The number of aliphatic imine (C=N–C) groups is 1. The third-order valence-corrected chi connectivity index (χ3v) is 4.48. The molecule has 1 aromatic rings. The Morgan fingerprint density at radius 2 is 2.08 bits per heavy atom. The van der Waals surface area contributed by atoms with E-state index >= 15 is 0 Å². The van der Waals surface area contributed by atoms with Crippen LogP contribution < -0.4 is 10.6 Å². The van der Waals surface area contributed by atoms with Gasteiger partial charge in [0, 0.05) is 38.0 Å². The van der Waals surface area contributed by atoms with Gasteiger partial charge in [0.25, 0.3) is 0 Å². The smallest absolute Gasteiger partial charge is 0.357 e. The van der Waals surface area contributed by atoms with Crippen molar-refractivity contribution in [2.45, 2.75) is 38.9 Å². The van der Waals surface area contributed by atoms with Gasteiger partial charge in [-0.2, -0.15) is 13.2 Å². The Bertz CT molecular complexity index is 596. The molecule has 140 valence electrons. The van der Waals surface area contributed by atoms with Gasteiger partial charge in [-0.3, -0.25) is 4.79 Å². The molecule has 1 fully saturated rings. The van der Waals surface area contributed by atoms with E-state index in [9.17, 15) is 18.0 Å². The summed E-state index contributed by atoms with van der Waals surface area (Å²) < 4.78 is 37.6. The number of nitrogens with zero attached hydrogens (tertiary/aromatic N) is 3. The summed E-state index contributed by atoms with van der Waals surface area (Å²) in [6.07, 6.45) is -1.97. The first-order valence-corrected chi connectivity index (χ1v) is 9.09. The average Bonchev–Trinajstić information content (AvgIpc) is 3.23. The van der Waals surface area contributed by atoms with Crippen LogP contribution in [-0.2, 0) is 17.5 Å². The number of carbonyl (C=O) groups excluding carboxylic acids is 1. The van der Waals surface area contributed by atoms with Crippen LogP contribution in [0.1, 0.15) is 36.9 Å². The summed E-state index contributed by atoms with van der Waals surface area (Å²) in [5, 5.41) is 7.31. The standard InChI is InChI=1S/C15H22F3N5OS/c1-2-19-14(20-6-5-13(24)23-7-3-4-8-23)21-9-12-22-11(10-25-12)15(16,17)18/h10H,2-9H2,1H3,(H2,19,20,21). The summed E-state index contributed by atoms with van der Waals surface area (Å²) in [7, 11) is 0. The molecule has 0 aliphatic carbocycles. The third kappa shape index (κ3) is 6.18. The number of alkyl halides is 3. The van der Waals surface area contributed by atoms with Crippen LogP contribution in [-0.4, -0.2) is 47.9 Å². The molecule has 2 heterocycles. The summed E-state index contributed by atoms with van der Waals surface area (Å²) in [6.45, 7) is 4.61. The number of likely N-dealkylation sites (tertiary alicyclic amines) is 1. The summed E-state index contributed by atoms with van der Waals surface area (Å²) in [4.78, 5) is 21.6. The van der Waals surface area contributed by atoms with E-state index < -0.39 is 11.9 Å². The summed E-state index contributed by atoms with van der Waals surface area (Å²) >= 11 is 0.928. The van der Waals surface area contributed by atoms with Crippen LogP contribution in [0.5, 0.6) is 0 Å². The van der Waals surface area contributed by atoms with Crippen LogP contribution in [0.25, 0.3) is 0 Å². The number of hydrogen-bond acceptors (Lipinski definition) is 4. The normalized spacial score (nSPS) is 15.5. The molecule has 0 aromatic carbocycles. The van der Waals surface area contributed by atoms with Crippen molar-refractivity contribution < 1.29 is 18.0 Å². The first kappa shape index (κ1) is 19.5. The Balaban J connectivity index is 1.83. The molecule has 10 heteroatoms. The molecule has 6 nitrogen and oxygen atoms in total. The van der Waals surface area contributed by atoms with Gasteiger partial charge in [0.2, 0.25) is 5.91 Å². The number of carbonyl (C=O) groups is 1. The molecule has 0 saturated carbocycles. The zero-order valence-electron chi connectivity index (χ0n) is 14.0. The van der Waals surface area contributed by atoms with E-state index in [2.05, 4.69) is 20.6 Å². The molecule has 1 saturated heterocycles. The number of guanidine groups is 1. The van der Waals surface area contributed by atoms with Gasteiger partial charge in [0.15, 0.2) is 11.7 Å². The van der Waals surface area contributed by atoms with E-state index in [4.69, 9.17) is 0 Å². The maximum atomic E-state index is 12.5. The van der Waals surface area contributed by atoms with E-state index in [1.54, 1.807) is 0 Å². The van der Waals surface area contributed by atoms with Crippen molar-refractivity contribution in [3.8, 4) is 0 Å². The highest BCUT2D eigenvalue weighted by molar-refractivity contribution is 7.09. The Morgan fingerprint density at radius 1 is 1.36 bits per heavy atom. The summed E-state index contributed by atoms with van der Waals surface area (Å²) in [5.41, 5.74) is -0.892. The molecular weight excluding hydrogens is 355 g/mol. The summed E-state index contributed by atoms with van der Waals surface area (Å²) in [5.74, 6) is 0.566. The number of thiazole rings is 1. The quantitative estimate of drug-likeness (QED) is 0.589. The molecule has 1 amide bonds. The fourth-order valence-electron chi connectivity index (χ4n) is 2.41. The molecule has 0 radical (unpaired) electrons. The second-order valence-electron chi connectivity index (χ2n) is 5.58. The number of nitrogens with one attached hydrogen (secondary N) is 2. The van der Waals surface area contributed by atoms with Crippen molar-refractivity contribution in [3.63, 3.8) is 0 Å². The molecule has 0 atom stereocenters. The molecule has 0 bridgehead atoms. The first-order valence-electron chi connectivity index (χ1n) is 8.21. The van der Waals surface area contributed by atoms with Crippen molar-refractivity contribution in [2.75, 3.05) is 26.2 Å². The molecule has 25 heavy (non-hydrogen) atoms. The van der Waals surface area contributed by atoms with Crippen LogP contribution in [0.15, 0.2) is 10.4 Å². The molecule has 0 unspecified atom stereocenters. The molecule has 2 N–H and O–H groups in total. The zero-order chi connectivity index (χ0) is 18.3. The van der Waals surface area contributed by atoms with Gasteiger partial charge in [0.1, 0.15) is 5.01 Å². The van der Waals surface area contributed by atoms with E-state index in [0.717, 1.165) is 42.6 Å². The number of aromatic nitrogens is 1. The van der Waals surface area contributed by atoms with Gasteiger partial charge in [-0.1, -0.05) is 0 Å². The van der Waals surface area contributed by atoms with Crippen LogP contribution in [0.4, 0.5) is 13.2 Å². The Kier molecular flexibility index (Phi) is 7.03. The summed E-state index contributed by atoms with van der Waals surface area (Å²) in [6, 6.07) is 0. The highest BCUT2D eigenvalue weighted by Gasteiger charge is 2.33. The lowest BCUT2D eigenvalue weighted by Crippen LogP contribution is -2.39. The minimum absolute atomic E-state index is 0.0517. The van der Waals surface area contributed by atoms with Crippen molar-refractivity contribution in [3.05, 3.63) is 16.1 Å². The van der Waals surface area contributed by atoms with E-state index in [1.165, 1.54) is 0 Å². The lowest BCUT2D eigenvalue weighted by molar-refractivity contribution is -0.140. The van der Waals surface area contributed by atoms with Crippen LogP contribution >= 0.6 is 11.3 Å². The number of amides is 1. The molecule has 0 spiro atoms. The number of rotatable bonds is 6. The highest BCUT2D eigenvalue weighted by atomic mass is 32.1. The average molecular weight is 377 g/mol. The SMILES string of the molecule is CCNC(=NCc1nc(C(F)(F)F)cs1)NCCC(=O)N1CCCC1. The van der Waals surface area contributed by atoms with E-state index in [-0.39, 0.29) is 17.5 Å². The predicted octanol–water partition coefficient (Wildman–Crippen LogP) is 2.23. The second kappa shape index (κ2) is 9.02. The Hall–Kier alpha value is -1.84. The van der Waals surface area contributed by atoms with Gasteiger partial charge >= 0.3 is 6.18 Å². The van der Waals surface area contributed by atoms with Crippen LogP contribution in [0, 0.1) is 0 Å². The lowest BCUT2D eigenvalue weighted by atomic mass is 10.3. The Morgan fingerprint density at radius 3 is 2.68 bits per heavy atom. The lowest BCUT2D eigenvalue weighted by Gasteiger charge is -2.16. The molecule has 1 aliphatic rings. The molecular formula is C15H22F3N5OS. The largest absolute Gasteiger partial charge is 0.434 e. The monoisotopic (exact) mass is 377 g/mol. The van der Waals surface area contributed by atoms with Crippen molar-refractivity contribution in [1.29, 1.82) is 0 Å². The second-order valence-corrected chi connectivity index (χ2v) is 6.53. The minimum atomic E-state index is -4.43. The fraction of sp³-hybridized carbons (Fsp3) is 0.667. The van der Waals surface area contributed by atoms with E-state index in [1.807, 2.05) is 11.8 Å². The third-order valence-electron chi connectivity index (χ3n) is 3.65. The molecule has 2 rings (SSSR count). The topological polar surface area (TPSA) is 69.6 Å². The molecule has 1 aromatic heterocycles.